The lowest BCUT2D eigenvalue weighted by Gasteiger charge is -2.15. The lowest BCUT2D eigenvalue weighted by atomic mass is 9.95. The van der Waals surface area contributed by atoms with Crippen molar-refractivity contribution in [3.8, 4) is 0 Å². The van der Waals surface area contributed by atoms with Crippen LogP contribution in [0, 0.1) is 23.6 Å². The summed E-state index contributed by atoms with van der Waals surface area (Å²) in [5, 5.41) is 12.0. The third-order valence-corrected chi connectivity index (χ3v) is 4.08. The average molecular weight is 293 g/mol. The minimum absolute atomic E-state index is 0.186. The lowest BCUT2D eigenvalue weighted by Crippen LogP contribution is -2.36. The first kappa shape index (κ1) is 15.5. The second-order valence-electron chi connectivity index (χ2n) is 5.80. The molecule has 2 rings (SSSR count). The van der Waals surface area contributed by atoms with Crippen molar-refractivity contribution >= 4 is 11.9 Å². The summed E-state index contributed by atoms with van der Waals surface area (Å²) in [6.07, 6.45) is 1.79. The van der Waals surface area contributed by atoms with Crippen LogP contribution < -0.4 is 5.32 Å². The fourth-order valence-electron chi connectivity index (χ4n) is 2.97. The fourth-order valence-corrected chi connectivity index (χ4v) is 2.97. The third kappa shape index (κ3) is 4.03. The van der Waals surface area contributed by atoms with Gasteiger partial charge in [-0.05, 0) is 42.9 Å². The van der Waals surface area contributed by atoms with Crippen LogP contribution in [0.25, 0.3) is 0 Å². The van der Waals surface area contributed by atoms with Crippen molar-refractivity contribution in [1.82, 2.24) is 5.32 Å². The number of carboxylic acid groups (broad SMARTS) is 1. The van der Waals surface area contributed by atoms with Gasteiger partial charge in [-0.15, -0.1) is 0 Å². The number of amides is 1. The molecule has 114 valence electrons. The van der Waals surface area contributed by atoms with Gasteiger partial charge in [0.2, 0.25) is 5.91 Å². The summed E-state index contributed by atoms with van der Waals surface area (Å²) in [5.41, 5.74) is 0.936. The summed E-state index contributed by atoms with van der Waals surface area (Å²) in [6.45, 7) is 2.41. The third-order valence-electron chi connectivity index (χ3n) is 4.08. The molecule has 21 heavy (non-hydrogen) atoms. The topological polar surface area (TPSA) is 66.4 Å². The van der Waals surface area contributed by atoms with E-state index in [1.54, 1.807) is 12.1 Å². The molecule has 0 aliphatic heterocycles. The molecule has 1 fully saturated rings. The van der Waals surface area contributed by atoms with Crippen LogP contribution in [-0.4, -0.2) is 23.5 Å². The maximum atomic E-state index is 12.8. The summed E-state index contributed by atoms with van der Waals surface area (Å²) in [5.74, 6) is -2.12. The van der Waals surface area contributed by atoms with Gasteiger partial charge in [-0.3, -0.25) is 9.59 Å². The van der Waals surface area contributed by atoms with E-state index in [1.807, 2.05) is 6.92 Å². The van der Waals surface area contributed by atoms with Crippen LogP contribution in [0.15, 0.2) is 24.3 Å². The van der Waals surface area contributed by atoms with Crippen LogP contribution in [0.3, 0.4) is 0 Å². The van der Waals surface area contributed by atoms with Gasteiger partial charge in [-0.1, -0.05) is 19.1 Å². The monoisotopic (exact) mass is 293 g/mol. The first-order chi connectivity index (χ1) is 9.97. The average Bonchev–Trinajstić information content (AvgIpc) is 2.83. The van der Waals surface area contributed by atoms with Crippen LogP contribution in [0.4, 0.5) is 4.39 Å². The van der Waals surface area contributed by atoms with Crippen LogP contribution in [-0.2, 0) is 16.0 Å². The molecule has 0 aromatic heterocycles. The largest absolute Gasteiger partial charge is 0.481 e. The number of aliphatic carboxylic acids is 1. The maximum absolute atomic E-state index is 12.8. The Balaban J connectivity index is 1.84. The van der Waals surface area contributed by atoms with Crippen LogP contribution in [0.2, 0.25) is 0 Å². The number of benzene rings is 1. The van der Waals surface area contributed by atoms with Crippen molar-refractivity contribution in [3.05, 3.63) is 35.6 Å². The highest BCUT2D eigenvalue weighted by atomic mass is 19.1. The molecule has 1 aromatic rings. The summed E-state index contributed by atoms with van der Waals surface area (Å²) >= 11 is 0. The molecule has 5 heteroatoms. The van der Waals surface area contributed by atoms with Crippen molar-refractivity contribution in [2.45, 2.75) is 26.2 Å². The fraction of sp³-hybridized carbons (Fsp3) is 0.500. The summed E-state index contributed by atoms with van der Waals surface area (Å²) in [6, 6.07) is 6.13. The zero-order valence-corrected chi connectivity index (χ0v) is 12.0. The Morgan fingerprint density at radius 3 is 2.48 bits per heavy atom. The highest BCUT2D eigenvalue weighted by molar-refractivity contribution is 5.85. The zero-order valence-electron chi connectivity index (χ0n) is 12.0. The molecule has 1 unspecified atom stereocenters. The number of halogens is 1. The number of carbonyl (C=O) groups is 2. The van der Waals surface area contributed by atoms with Gasteiger partial charge in [0.25, 0.3) is 0 Å². The molecule has 1 saturated carbocycles. The number of hydrogen-bond acceptors (Lipinski definition) is 2. The second-order valence-corrected chi connectivity index (χ2v) is 5.80. The SMILES string of the molecule is CC1C[C@H](C(=O)NCCc2ccc(F)cc2)[C@H](C(=O)O)C1. The molecule has 0 radical (unpaired) electrons. The predicted molar refractivity (Wildman–Crippen MR) is 76.1 cm³/mol. The van der Waals surface area contributed by atoms with E-state index in [1.165, 1.54) is 12.1 Å². The standard InChI is InChI=1S/C16H20FNO3/c1-10-8-13(14(9-10)16(20)21)15(19)18-7-6-11-2-4-12(17)5-3-11/h2-5,10,13-14H,6-9H2,1H3,(H,18,19)(H,20,21)/t10?,13-,14+/m0/s1. The van der Waals surface area contributed by atoms with Crippen molar-refractivity contribution in [2.24, 2.45) is 17.8 Å². The molecule has 0 spiro atoms. The Morgan fingerprint density at radius 1 is 1.24 bits per heavy atom. The maximum Gasteiger partial charge on any atom is 0.307 e. The van der Waals surface area contributed by atoms with Gasteiger partial charge >= 0.3 is 5.97 Å². The smallest absolute Gasteiger partial charge is 0.307 e. The van der Waals surface area contributed by atoms with E-state index in [9.17, 15) is 14.0 Å². The summed E-state index contributed by atoms with van der Waals surface area (Å²) in [7, 11) is 0. The van der Waals surface area contributed by atoms with Gasteiger partial charge in [-0.2, -0.15) is 0 Å². The van der Waals surface area contributed by atoms with E-state index in [0.29, 0.717) is 25.8 Å². The Labute approximate surface area is 123 Å². The van der Waals surface area contributed by atoms with E-state index in [0.717, 1.165) is 5.56 Å². The van der Waals surface area contributed by atoms with Gasteiger partial charge in [0.15, 0.2) is 0 Å². The zero-order chi connectivity index (χ0) is 15.4. The molecule has 1 aliphatic carbocycles. The number of hydrogen-bond donors (Lipinski definition) is 2. The quantitative estimate of drug-likeness (QED) is 0.875. The first-order valence-corrected chi connectivity index (χ1v) is 7.22. The molecule has 1 amide bonds. The van der Waals surface area contributed by atoms with E-state index < -0.39 is 17.8 Å². The minimum Gasteiger partial charge on any atom is -0.481 e. The molecule has 0 saturated heterocycles. The van der Waals surface area contributed by atoms with Crippen molar-refractivity contribution < 1.29 is 19.1 Å². The Bertz CT molecular complexity index is 515. The summed E-state index contributed by atoms with van der Waals surface area (Å²) < 4.78 is 12.8. The van der Waals surface area contributed by atoms with Crippen LogP contribution >= 0.6 is 0 Å². The van der Waals surface area contributed by atoms with Gasteiger partial charge in [0, 0.05) is 6.54 Å². The Hall–Kier alpha value is -1.91. The second kappa shape index (κ2) is 6.70. The molecule has 3 atom stereocenters. The number of carboxylic acids is 1. The predicted octanol–water partition coefficient (Wildman–Crippen LogP) is 2.23. The summed E-state index contributed by atoms with van der Waals surface area (Å²) in [4.78, 5) is 23.3. The van der Waals surface area contributed by atoms with E-state index in [2.05, 4.69) is 5.32 Å². The molecule has 2 N–H and O–H groups in total. The first-order valence-electron chi connectivity index (χ1n) is 7.22. The van der Waals surface area contributed by atoms with Gasteiger partial charge in [0.05, 0.1) is 11.8 Å². The van der Waals surface area contributed by atoms with Crippen LogP contribution in [0.5, 0.6) is 0 Å². The molecule has 4 nitrogen and oxygen atoms in total. The highest BCUT2D eigenvalue weighted by Gasteiger charge is 2.40. The van der Waals surface area contributed by atoms with Crippen molar-refractivity contribution in [2.75, 3.05) is 6.54 Å². The Morgan fingerprint density at radius 2 is 1.86 bits per heavy atom. The normalized spacial score (nSPS) is 24.8. The van der Waals surface area contributed by atoms with E-state index in [-0.39, 0.29) is 17.6 Å². The lowest BCUT2D eigenvalue weighted by molar-refractivity contribution is -0.146. The highest BCUT2D eigenvalue weighted by Crippen LogP contribution is 2.36. The Kier molecular flexibility index (Phi) is 4.94. The number of rotatable bonds is 5. The molecule has 0 heterocycles. The van der Waals surface area contributed by atoms with Crippen LogP contribution in [0.1, 0.15) is 25.3 Å². The van der Waals surface area contributed by atoms with Gasteiger partial charge in [-0.25, -0.2) is 4.39 Å². The number of nitrogens with one attached hydrogen (secondary N) is 1. The van der Waals surface area contributed by atoms with Crippen molar-refractivity contribution in [1.29, 1.82) is 0 Å². The molecule has 0 bridgehead atoms. The molecule has 1 aliphatic rings. The van der Waals surface area contributed by atoms with Crippen molar-refractivity contribution in [3.63, 3.8) is 0 Å². The molecular weight excluding hydrogens is 273 g/mol. The minimum atomic E-state index is -0.891. The van der Waals surface area contributed by atoms with E-state index in [4.69, 9.17) is 5.11 Å². The van der Waals surface area contributed by atoms with Gasteiger partial charge < -0.3 is 10.4 Å². The number of carbonyl (C=O) groups excluding carboxylic acids is 1. The molecular formula is C16H20FNO3. The molecule has 1 aromatic carbocycles. The van der Waals surface area contributed by atoms with Gasteiger partial charge in [0.1, 0.15) is 5.82 Å². The van der Waals surface area contributed by atoms with E-state index >= 15 is 0 Å².